The number of allylic oxidation sites excluding steroid dienone is 4. The first-order chi connectivity index (χ1) is 10.1. The van der Waals surface area contributed by atoms with Gasteiger partial charge in [0, 0.05) is 23.2 Å². The molecule has 0 unspecified atom stereocenters. The lowest BCUT2D eigenvalue weighted by Crippen LogP contribution is -2.31. The van der Waals surface area contributed by atoms with Gasteiger partial charge in [-0.05, 0) is 20.3 Å². The minimum Gasteiger partial charge on any atom is -0.395 e. The lowest BCUT2D eigenvalue weighted by Gasteiger charge is -2.21. The van der Waals surface area contributed by atoms with Crippen LogP contribution in [0.1, 0.15) is 41.0 Å². The van der Waals surface area contributed by atoms with E-state index in [1.807, 2.05) is 19.9 Å². The summed E-state index contributed by atoms with van der Waals surface area (Å²) in [5.74, 6) is -0.307. The van der Waals surface area contributed by atoms with Crippen molar-refractivity contribution in [3.8, 4) is 0 Å². The Bertz CT molecular complexity index is 637. The maximum absolute atomic E-state index is 12.6. The Morgan fingerprint density at radius 3 is 2.33 bits per heavy atom. The Hall–Kier alpha value is -2.20. The van der Waals surface area contributed by atoms with Gasteiger partial charge in [-0.1, -0.05) is 35.9 Å². The first-order valence-corrected chi connectivity index (χ1v) is 6.96. The summed E-state index contributed by atoms with van der Waals surface area (Å²) in [6, 6.07) is 6.85. The second kappa shape index (κ2) is 6.50. The van der Waals surface area contributed by atoms with Gasteiger partial charge in [-0.25, -0.2) is 0 Å². The van der Waals surface area contributed by atoms with Gasteiger partial charge >= 0.3 is 0 Å². The molecule has 0 radical (unpaired) electrons. The largest absolute Gasteiger partial charge is 0.395 e. The van der Waals surface area contributed by atoms with Crippen LogP contribution in [0.15, 0.2) is 47.2 Å². The van der Waals surface area contributed by atoms with E-state index in [1.54, 1.807) is 24.3 Å². The molecule has 2 rings (SSSR count). The standard InChI is InChI=1S/C17H19NO3/c1-11(2)7-8-14-15(18-9-10-19)17(21)13-6-4-3-5-12(13)16(14)20/h3-7,18-19H,8-10H2,1-2H3. The van der Waals surface area contributed by atoms with Crippen molar-refractivity contribution in [3.63, 3.8) is 0 Å². The molecule has 0 fully saturated rings. The Morgan fingerprint density at radius 1 is 1.14 bits per heavy atom. The molecule has 21 heavy (non-hydrogen) atoms. The molecule has 4 nitrogen and oxygen atoms in total. The minimum atomic E-state index is -0.184. The molecule has 1 aromatic rings. The SMILES string of the molecule is CC(C)=CCC1=C(NCCO)C(=O)c2ccccc2C1=O. The Kier molecular flexibility index (Phi) is 4.70. The zero-order valence-corrected chi connectivity index (χ0v) is 12.3. The van der Waals surface area contributed by atoms with Crippen LogP contribution in [-0.4, -0.2) is 29.8 Å². The highest BCUT2D eigenvalue weighted by Crippen LogP contribution is 2.27. The van der Waals surface area contributed by atoms with E-state index in [2.05, 4.69) is 5.32 Å². The molecule has 1 aromatic carbocycles. The second-order valence-corrected chi connectivity index (χ2v) is 5.19. The van der Waals surface area contributed by atoms with E-state index in [4.69, 9.17) is 5.11 Å². The van der Waals surface area contributed by atoms with E-state index in [0.29, 0.717) is 28.8 Å². The fraction of sp³-hybridized carbons (Fsp3) is 0.294. The van der Waals surface area contributed by atoms with E-state index < -0.39 is 0 Å². The number of hydrogen-bond donors (Lipinski definition) is 2. The Labute approximate surface area is 124 Å². The molecule has 0 aliphatic heterocycles. The van der Waals surface area contributed by atoms with Crippen molar-refractivity contribution in [2.75, 3.05) is 13.2 Å². The lowest BCUT2D eigenvalue weighted by molar-refractivity contribution is 0.0966. The smallest absolute Gasteiger partial charge is 0.210 e. The predicted octanol–water partition coefficient (Wildman–Crippen LogP) is 2.26. The molecular weight excluding hydrogens is 266 g/mol. The van der Waals surface area contributed by atoms with E-state index in [0.717, 1.165) is 5.57 Å². The average Bonchev–Trinajstić information content (AvgIpc) is 2.48. The molecule has 0 amide bonds. The number of Topliss-reactive ketones (excluding diaryl/α,β-unsaturated/α-hetero) is 2. The number of benzene rings is 1. The van der Waals surface area contributed by atoms with Gasteiger partial charge in [-0.15, -0.1) is 0 Å². The van der Waals surface area contributed by atoms with Crippen LogP contribution < -0.4 is 5.32 Å². The molecule has 0 heterocycles. The molecule has 0 spiro atoms. The maximum atomic E-state index is 12.6. The third-order valence-corrected chi connectivity index (χ3v) is 3.35. The Morgan fingerprint density at radius 2 is 1.76 bits per heavy atom. The molecular formula is C17H19NO3. The topological polar surface area (TPSA) is 66.4 Å². The van der Waals surface area contributed by atoms with E-state index in [1.165, 1.54) is 0 Å². The molecule has 0 bridgehead atoms. The summed E-state index contributed by atoms with van der Waals surface area (Å²) in [5, 5.41) is 11.9. The summed E-state index contributed by atoms with van der Waals surface area (Å²) in [7, 11) is 0. The van der Waals surface area contributed by atoms with Gasteiger partial charge in [0.05, 0.1) is 12.3 Å². The summed E-state index contributed by atoms with van der Waals surface area (Å²) in [6.45, 7) is 4.05. The van der Waals surface area contributed by atoms with Crippen LogP contribution >= 0.6 is 0 Å². The monoisotopic (exact) mass is 285 g/mol. The lowest BCUT2D eigenvalue weighted by atomic mass is 9.85. The Balaban J connectivity index is 2.49. The highest BCUT2D eigenvalue weighted by molar-refractivity contribution is 6.26. The number of hydrogen-bond acceptors (Lipinski definition) is 4. The highest BCUT2D eigenvalue weighted by Gasteiger charge is 2.30. The van der Waals surface area contributed by atoms with E-state index in [9.17, 15) is 9.59 Å². The number of carbonyl (C=O) groups is 2. The van der Waals surface area contributed by atoms with Gasteiger partial charge < -0.3 is 10.4 Å². The fourth-order valence-corrected chi connectivity index (χ4v) is 2.30. The first kappa shape index (κ1) is 15.2. The summed E-state index contributed by atoms with van der Waals surface area (Å²) < 4.78 is 0. The first-order valence-electron chi connectivity index (χ1n) is 6.96. The van der Waals surface area contributed by atoms with Gasteiger partial charge in [0.15, 0.2) is 5.78 Å². The number of ketones is 2. The van der Waals surface area contributed by atoms with Gasteiger partial charge in [0.2, 0.25) is 5.78 Å². The number of carbonyl (C=O) groups excluding carboxylic acids is 2. The minimum absolute atomic E-state index is 0.0947. The normalized spacial score (nSPS) is 14.0. The predicted molar refractivity (Wildman–Crippen MR) is 81.3 cm³/mol. The van der Waals surface area contributed by atoms with Crippen molar-refractivity contribution in [1.82, 2.24) is 5.32 Å². The number of nitrogens with one attached hydrogen (secondary N) is 1. The molecule has 1 aliphatic rings. The number of aliphatic hydroxyl groups is 1. The molecule has 1 aliphatic carbocycles. The maximum Gasteiger partial charge on any atom is 0.210 e. The number of aliphatic hydroxyl groups excluding tert-OH is 1. The third kappa shape index (κ3) is 3.11. The molecule has 0 atom stereocenters. The summed E-state index contributed by atoms with van der Waals surface area (Å²) in [6.07, 6.45) is 2.34. The number of rotatable bonds is 5. The van der Waals surface area contributed by atoms with Gasteiger partial charge in [0.1, 0.15) is 0 Å². The molecule has 0 saturated carbocycles. The van der Waals surface area contributed by atoms with Gasteiger partial charge in [0.25, 0.3) is 0 Å². The summed E-state index contributed by atoms with van der Waals surface area (Å²) >= 11 is 0. The van der Waals surface area contributed by atoms with Crippen LogP contribution in [0, 0.1) is 0 Å². The molecule has 4 heteroatoms. The van der Waals surface area contributed by atoms with Crippen molar-refractivity contribution < 1.29 is 14.7 Å². The van der Waals surface area contributed by atoms with Gasteiger partial charge in [-0.3, -0.25) is 9.59 Å². The van der Waals surface area contributed by atoms with E-state index in [-0.39, 0.29) is 24.7 Å². The van der Waals surface area contributed by atoms with Crippen LogP contribution in [0.4, 0.5) is 0 Å². The summed E-state index contributed by atoms with van der Waals surface area (Å²) in [4.78, 5) is 25.2. The van der Waals surface area contributed by atoms with E-state index >= 15 is 0 Å². The van der Waals surface area contributed by atoms with Crippen molar-refractivity contribution in [3.05, 3.63) is 58.3 Å². The van der Waals surface area contributed by atoms with Crippen LogP contribution in [-0.2, 0) is 0 Å². The van der Waals surface area contributed by atoms with Crippen LogP contribution in [0.2, 0.25) is 0 Å². The molecule has 0 aromatic heterocycles. The molecule has 110 valence electrons. The summed E-state index contributed by atoms with van der Waals surface area (Å²) in [5.41, 5.74) is 2.74. The second-order valence-electron chi connectivity index (χ2n) is 5.19. The zero-order valence-electron chi connectivity index (χ0n) is 12.3. The van der Waals surface area contributed by atoms with Crippen molar-refractivity contribution in [2.24, 2.45) is 0 Å². The third-order valence-electron chi connectivity index (χ3n) is 3.35. The van der Waals surface area contributed by atoms with Crippen LogP contribution in [0.3, 0.4) is 0 Å². The highest BCUT2D eigenvalue weighted by atomic mass is 16.3. The van der Waals surface area contributed by atoms with Crippen molar-refractivity contribution in [2.45, 2.75) is 20.3 Å². The molecule has 0 saturated heterocycles. The average molecular weight is 285 g/mol. The van der Waals surface area contributed by atoms with Crippen molar-refractivity contribution in [1.29, 1.82) is 0 Å². The number of fused-ring (bicyclic) bond motifs is 1. The van der Waals surface area contributed by atoms with Crippen LogP contribution in [0.5, 0.6) is 0 Å². The van der Waals surface area contributed by atoms with Crippen molar-refractivity contribution >= 4 is 11.6 Å². The molecule has 2 N–H and O–H groups in total. The van der Waals surface area contributed by atoms with Gasteiger partial charge in [-0.2, -0.15) is 0 Å². The quantitative estimate of drug-likeness (QED) is 0.814. The fourth-order valence-electron chi connectivity index (χ4n) is 2.30. The van der Waals surface area contributed by atoms with Crippen LogP contribution in [0.25, 0.3) is 0 Å². The zero-order chi connectivity index (χ0) is 15.4.